The molecule has 6 nitrogen and oxygen atoms in total. The monoisotopic (exact) mass is 434 g/mol. The van der Waals surface area contributed by atoms with Gasteiger partial charge in [-0.2, -0.15) is 0 Å². The summed E-state index contributed by atoms with van der Waals surface area (Å²) in [6.45, 7) is 2.83. The second kappa shape index (κ2) is 9.66. The molecular weight excluding hydrogens is 415 g/mol. The molecule has 0 atom stereocenters. The predicted octanol–water partition coefficient (Wildman–Crippen LogP) is 2.82. The molecule has 142 valence electrons. The summed E-state index contributed by atoms with van der Waals surface area (Å²) < 4.78 is 0.592. The summed E-state index contributed by atoms with van der Waals surface area (Å²) in [5.41, 5.74) is 1.05. The number of halogens is 2. The van der Waals surface area contributed by atoms with Crippen molar-refractivity contribution in [1.82, 2.24) is 20.5 Å². The van der Waals surface area contributed by atoms with Crippen LogP contribution in [0.3, 0.4) is 0 Å². The zero-order valence-electron chi connectivity index (χ0n) is 14.2. The van der Waals surface area contributed by atoms with Crippen molar-refractivity contribution < 1.29 is 9.59 Å². The second-order valence-corrected chi connectivity index (χ2v) is 8.64. The van der Waals surface area contributed by atoms with Crippen LogP contribution in [0.2, 0.25) is 4.34 Å². The number of likely N-dealkylation sites (N-methyl/N-ethyl adjacent to an activating group) is 1. The molecule has 3 heterocycles. The molecule has 0 unspecified atom stereocenters. The van der Waals surface area contributed by atoms with Gasteiger partial charge in [0.2, 0.25) is 0 Å². The van der Waals surface area contributed by atoms with Crippen LogP contribution in [0.15, 0.2) is 12.1 Å². The van der Waals surface area contributed by atoms with E-state index in [-0.39, 0.29) is 24.2 Å². The van der Waals surface area contributed by atoms with Crippen LogP contribution in [-0.4, -0.2) is 48.4 Å². The summed E-state index contributed by atoms with van der Waals surface area (Å²) in [5, 5.41) is 6.20. The Morgan fingerprint density at radius 2 is 1.96 bits per heavy atom. The van der Waals surface area contributed by atoms with Crippen LogP contribution in [0.4, 0.5) is 0 Å². The molecule has 2 aromatic heterocycles. The Hall–Kier alpha value is -1.19. The minimum absolute atomic E-state index is 0. The number of nitrogens with zero attached hydrogens (tertiary/aromatic N) is 2. The summed E-state index contributed by atoms with van der Waals surface area (Å²) in [7, 11) is 2.07. The summed E-state index contributed by atoms with van der Waals surface area (Å²) in [4.78, 5) is 32.5. The minimum Gasteiger partial charge on any atom is -0.351 e. The summed E-state index contributed by atoms with van der Waals surface area (Å²) in [6.07, 6.45) is 1.55. The second-order valence-electron chi connectivity index (χ2n) is 5.85. The lowest BCUT2D eigenvalue weighted by Gasteiger charge is -2.20. The number of thiophene rings is 1. The number of hydrogen-bond acceptors (Lipinski definition) is 6. The fourth-order valence-corrected chi connectivity index (χ4v) is 4.58. The van der Waals surface area contributed by atoms with Gasteiger partial charge in [-0.1, -0.05) is 11.6 Å². The number of aromatic nitrogens is 1. The van der Waals surface area contributed by atoms with Crippen molar-refractivity contribution in [2.45, 2.75) is 19.4 Å². The standard InChI is InChI=1S/C16H19ClN4O2S2.ClH/c1-21-8-5-10-12(9-21)25-16(20-10)15(23)19-7-2-6-18-14(22)11-3-4-13(17)24-11;/h3-4H,2,5-9H2,1H3,(H,18,22)(H,19,23);1H. The van der Waals surface area contributed by atoms with Gasteiger partial charge in [0.25, 0.3) is 11.8 Å². The van der Waals surface area contributed by atoms with Gasteiger partial charge < -0.3 is 15.5 Å². The number of rotatable bonds is 6. The summed E-state index contributed by atoms with van der Waals surface area (Å²) in [6, 6.07) is 3.40. The number of amides is 2. The normalized spacial score (nSPS) is 13.6. The van der Waals surface area contributed by atoms with Crippen molar-refractivity contribution in [1.29, 1.82) is 0 Å². The average molecular weight is 435 g/mol. The average Bonchev–Trinajstić information content (AvgIpc) is 3.20. The van der Waals surface area contributed by atoms with Crippen LogP contribution in [0.25, 0.3) is 0 Å². The fourth-order valence-electron chi connectivity index (χ4n) is 2.51. The number of hydrogen-bond donors (Lipinski definition) is 2. The highest BCUT2D eigenvalue weighted by Gasteiger charge is 2.21. The lowest BCUT2D eigenvalue weighted by molar-refractivity contribution is 0.0952. The molecule has 0 bridgehead atoms. The molecular formula is C16H20Cl2N4O2S2. The molecule has 0 radical (unpaired) electrons. The molecule has 0 fully saturated rings. The van der Waals surface area contributed by atoms with Gasteiger partial charge in [-0.3, -0.25) is 9.59 Å². The number of nitrogens with one attached hydrogen (secondary N) is 2. The van der Waals surface area contributed by atoms with Gasteiger partial charge in [-0.05, 0) is 25.6 Å². The molecule has 0 saturated carbocycles. The maximum Gasteiger partial charge on any atom is 0.280 e. The van der Waals surface area contributed by atoms with E-state index in [1.165, 1.54) is 27.6 Å². The zero-order chi connectivity index (χ0) is 17.8. The minimum atomic E-state index is -0.140. The van der Waals surface area contributed by atoms with E-state index in [1.807, 2.05) is 0 Å². The van der Waals surface area contributed by atoms with Crippen LogP contribution >= 0.6 is 46.7 Å². The summed E-state index contributed by atoms with van der Waals surface area (Å²) >= 11 is 8.53. The topological polar surface area (TPSA) is 74.3 Å². The molecule has 0 spiro atoms. The SMILES string of the molecule is CN1CCc2nc(C(=O)NCCCNC(=O)c3ccc(Cl)s3)sc2C1.Cl. The highest BCUT2D eigenvalue weighted by molar-refractivity contribution is 7.18. The molecule has 26 heavy (non-hydrogen) atoms. The molecule has 0 saturated heterocycles. The van der Waals surface area contributed by atoms with Gasteiger partial charge in [0.05, 0.1) is 14.9 Å². The predicted molar refractivity (Wildman–Crippen MR) is 108 cm³/mol. The Morgan fingerprint density at radius 1 is 1.23 bits per heavy atom. The number of carbonyl (C=O) groups is 2. The van der Waals surface area contributed by atoms with Gasteiger partial charge in [-0.15, -0.1) is 35.1 Å². The van der Waals surface area contributed by atoms with Gasteiger partial charge >= 0.3 is 0 Å². The maximum atomic E-state index is 12.2. The van der Waals surface area contributed by atoms with Crippen molar-refractivity contribution in [2.24, 2.45) is 0 Å². The van der Waals surface area contributed by atoms with Crippen molar-refractivity contribution in [3.63, 3.8) is 0 Å². The molecule has 1 aliphatic heterocycles. The van der Waals surface area contributed by atoms with Gasteiger partial charge in [0.1, 0.15) is 0 Å². The molecule has 0 aliphatic carbocycles. The van der Waals surface area contributed by atoms with Gasteiger partial charge in [-0.25, -0.2) is 4.98 Å². The third-order valence-electron chi connectivity index (χ3n) is 3.84. The van der Waals surface area contributed by atoms with E-state index in [2.05, 4.69) is 27.6 Å². The lowest BCUT2D eigenvalue weighted by Crippen LogP contribution is -2.29. The Labute approximate surface area is 171 Å². The summed E-state index contributed by atoms with van der Waals surface area (Å²) in [5.74, 6) is -0.279. The Bertz CT molecular complexity index is 778. The molecule has 2 amide bonds. The van der Waals surface area contributed by atoms with E-state index < -0.39 is 0 Å². The lowest BCUT2D eigenvalue weighted by atomic mass is 10.2. The quantitative estimate of drug-likeness (QED) is 0.685. The smallest absolute Gasteiger partial charge is 0.280 e. The van der Waals surface area contributed by atoms with E-state index in [0.717, 1.165) is 25.2 Å². The van der Waals surface area contributed by atoms with Crippen LogP contribution in [0.5, 0.6) is 0 Å². The molecule has 10 heteroatoms. The maximum absolute atomic E-state index is 12.2. The highest BCUT2D eigenvalue weighted by Crippen LogP contribution is 2.24. The number of carbonyl (C=O) groups excluding carboxylic acids is 2. The molecule has 0 aromatic carbocycles. The van der Waals surface area contributed by atoms with Crippen molar-refractivity contribution in [2.75, 3.05) is 26.7 Å². The number of thiazole rings is 1. The Balaban J connectivity index is 0.00000243. The third kappa shape index (κ3) is 5.40. The van der Waals surface area contributed by atoms with Crippen LogP contribution in [-0.2, 0) is 13.0 Å². The van der Waals surface area contributed by atoms with E-state index in [9.17, 15) is 9.59 Å². The van der Waals surface area contributed by atoms with Crippen LogP contribution < -0.4 is 10.6 Å². The van der Waals surface area contributed by atoms with Gasteiger partial charge in [0.15, 0.2) is 5.01 Å². The molecule has 2 N–H and O–H groups in total. The fraction of sp³-hybridized carbons (Fsp3) is 0.438. The van der Waals surface area contributed by atoms with E-state index in [4.69, 9.17) is 11.6 Å². The molecule has 1 aliphatic rings. The Morgan fingerprint density at radius 3 is 2.65 bits per heavy atom. The first-order valence-electron chi connectivity index (χ1n) is 8.02. The van der Waals surface area contributed by atoms with Gasteiger partial charge in [0, 0.05) is 37.5 Å². The largest absolute Gasteiger partial charge is 0.351 e. The first-order valence-corrected chi connectivity index (χ1v) is 10.0. The van der Waals surface area contributed by atoms with Crippen LogP contribution in [0, 0.1) is 0 Å². The van der Waals surface area contributed by atoms with Crippen molar-refractivity contribution >= 4 is 58.5 Å². The van der Waals surface area contributed by atoms with Crippen molar-refractivity contribution in [3.8, 4) is 0 Å². The molecule has 3 rings (SSSR count). The zero-order valence-corrected chi connectivity index (χ0v) is 17.4. The first kappa shape index (κ1) is 21.1. The number of fused-ring (bicyclic) bond motifs is 1. The van der Waals surface area contributed by atoms with Crippen LogP contribution in [0.1, 0.15) is 36.5 Å². The first-order chi connectivity index (χ1) is 12.0. The van der Waals surface area contributed by atoms with E-state index >= 15 is 0 Å². The van der Waals surface area contributed by atoms with E-state index in [0.29, 0.717) is 33.7 Å². The van der Waals surface area contributed by atoms with Crippen molar-refractivity contribution in [3.05, 3.63) is 36.9 Å². The van der Waals surface area contributed by atoms with E-state index in [1.54, 1.807) is 12.1 Å². The third-order valence-corrected chi connectivity index (χ3v) is 6.15. The molecule has 2 aromatic rings. The highest BCUT2D eigenvalue weighted by atomic mass is 35.5. The Kier molecular flexibility index (Phi) is 7.85.